The van der Waals surface area contributed by atoms with Gasteiger partial charge in [-0.2, -0.15) is 4.98 Å². The molecule has 1 aromatic carbocycles. The van der Waals surface area contributed by atoms with Gasteiger partial charge in [-0.15, -0.1) is 0 Å². The van der Waals surface area contributed by atoms with Gasteiger partial charge in [0.05, 0.1) is 5.56 Å². The van der Waals surface area contributed by atoms with Gasteiger partial charge in [0.15, 0.2) is 5.78 Å². The number of nitrogens with one attached hydrogen (secondary N) is 2. The average molecular weight is 390 g/mol. The van der Waals surface area contributed by atoms with Crippen LogP contribution in [-0.4, -0.2) is 28.8 Å². The first kappa shape index (κ1) is 18.2. The number of rotatable bonds is 2. The largest absolute Gasteiger partial charge is 0.343 e. The molecule has 0 spiro atoms. The van der Waals surface area contributed by atoms with E-state index < -0.39 is 0 Å². The lowest BCUT2D eigenvalue weighted by atomic mass is 9.76. The van der Waals surface area contributed by atoms with Gasteiger partial charge in [-0.3, -0.25) is 14.6 Å². The number of hydrogen-bond acceptors (Lipinski definition) is 5. The summed E-state index contributed by atoms with van der Waals surface area (Å²) in [5.41, 5.74) is 4.18. The number of aromatic amines is 1. The third-order valence-electron chi connectivity index (χ3n) is 6.28. The van der Waals surface area contributed by atoms with Crippen molar-refractivity contribution in [1.29, 1.82) is 0 Å². The number of anilines is 2. The van der Waals surface area contributed by atoms with Crippen molar-refractivity contribution < 1.29 is 4.79 Å². The number of nitrogens with zero attached hydrogens (tertiary/aromatic N) is 2. The molecule has 0 bridgehead atoms. The van der Waals surface area contributed by atoms with Gasteiger partial charge < -0.3 is 10.2 Å². The highest BCUT2D eigenvalue weighted by atomic mass is 16.1. The average Bonchev–Trinajstić information content (AvgIpc) is 2.73. The molecule has 0 amide bonds. The number of benzene rings is 1. The second-order valence-electron chi connectivity index (χ2n) is 8.34. The summed E-state index contributed by atoms with van der Waals surface area (Å²) in [5.74, 6) is 1.01. The fourth-order valence-corrected chi connectivity index (χ4v) is 4.89. The number of aryl methyl sites for hydroxylation is 1. The van der Waals surface area contributed by atoms with Crippen LogP contribution in [-0.2, 0) is 4.79 Å². The van der Waals surface area contributed by atoms with E-state index in [2.05, 4.69) is 21.3 Å². The topological polar surface area (TPSA) is 78.1 Å². The van der Waals surface area contributed by atoms with Crippen molar-refractivity contribution in [2.75, 3.05) is 23.3 Å². The molecule has 2 aromatic rings. The normalized spacial score (nSPS) is 21.5. The Hall–Kier alpha value is -2.89. The predicted octanol–water partition coefficient (Wildman–Crippen LogP) is 3.63. The van der Waals surface area contributed by atoms with E-state index in [-0.39, 0.29) is 17.3 Å². The van der Waals surface area contributed by atoms with Crippen LogP contribution in [0.15, 0.2) is 40.3 Å². The van der Waals surface area contributed by atoms with Gasteiger partial charge in [-0.1, -0.05) is 29.8 Å². The summed E-state index contributed by atoms with van der Waals surface area (Å²) in [6.07, 6.45) is 5.64. The van der Waals surface area contributed by atoms with E-state index >= 15 is 0 Å². The Morgan fingerprint density at radius 3 is 2.69 bits per heavy atom. The summed E-state index contributed by atoms with van der Waals surface area (Å²) < 4.78 is 0. The second-order valence-corrected chi connectivity index (χ2v) is 8.34. The molecule has 1 atom stereocenters. The van der Waals surface area contributed by atoms with Gasteiger partial charge in [0.1, 0.15) is 5.82 Å². The molecule has 3 aliphatic rings. The first-order valence-corrected chi connectivity index (χ1v) is 10.6. The Kier molecular flexibility index (Phi) is 4.49. The van der Waals surface area contributed by atoms with Crippen molar-refractivity contribution in [1.82, 2.24) is 9.97 Å². The maximum absolute atomic E-state index is 13.3. The van der Waals surface area contributed by atoms with Crippen LogP contribution in [0.1, 0.15) is 61.1 Å². The van der Waals surface area contributed by atoms with Crippen LogP contribution >= 0.6 is 0 Å². The lowest BCUT2D eigenvalue weighted by molar-refractivity contribution is -0.116. The molecule has 0 radical (unpaired) electrons. The molecule has 3 heterocycles. The van der Waals surface area contributed by atoms with Crippen LogP contribution < -0.4 is 15.8 Å². The van der Waals surface area contributed by atoms with Crippen molar-refractivity contribution in [3.05, 3.63) is 62.6 Å². The minimum absolute atomic E-state index is 0.135. The van der Waals surface area contributed by atoms with Gasteiger partial charge in [0.25, 0.3) is 5.56 Å². The van der Waals surface area contributed by atoms with Crippen LogP contribution in [0.3, 0.4) is 0 Å². The smallest absolute Gasteiger partial charge is 0.258 e. The predicted molar refractivity (Wildman–Crippen MR) is 113 cm³/mol. The van der Waals surface area contributed by atoms with Crippen LogP contribution in [0.2, 0.25) is 0 Å². The molecule has 1 saturated heterocycles. The summed E-state index contributed by atoms with van der Waals surface area (Å²) in [6.45, 7) is 3.86. The van der Waals surface area contributed by atoms with Crippen molar-refractivity contribution in [3.63, 3.8) is 0 Å². The molecular formula is C23H26N4O2. The van der Waals surface area contributed by atoms with Crippen molar-refractivity contribution in [3.8, 4) is 0 Å². The van der Waals surface area contributed by atoms with E-state index in [1.807, 2.05) is 25.1 Å². The number of allylic oxidation sites excluding steroid dienone is 2. The molecule has 6 nitrogen and oxygen atoms in total. The summed E-state index contributed by atoms with van der Waals surface area (Å²) in [6, 6.07) is 8.11. The molecule has 2 aliphatic heterocycles. The maximum atomic E-state index is 13.3. The number of aromatic nitrogens is 2. The minimum Gasteiger partial charge on any atom is -0.343 e. The minimum atomic E-state index is -0.361. The maximum Gasteiger partial charge on any atom is 0.258 e. The van der Waals surface area contributed by atoms with Gasteiger partial charge in [0.2, 0.25) is 5.95 Å². The number of piperidine rings is 1. The summed E-state index contributed by atoms with van der Waals surface area (Å²) >= 11 is 0. The molecule has 1 fully saturated rings. The van der Waals surface area contributed by atoms with Crippen LogP contribution in [0.5, 0.6) is 0 Å². The standard InChI is InChI=1S/C23H26N4O2/c1-14-7-5-8-15(13-14)18-19-16(9-6-10-17(19)28)24-21-20(18)22(29)26-23(25-21)27-11-3-2-4-12-27/h5,7-8,13,18H,2-4,6,9-12H2,1H3,(H2,24,25,26,29)/t18-/m1/s1. The van der Waals surface area contributed by atoms with E-state index in [0.29, 0.717) is 23.8 Å². The van der Waals surface area contributed by atoms with Gasteiger partial charge in [0, 0.05) is 36.7 Å². The number of hydrogen-bond donors (Lipinski definition) is 2. The Labute approximate surface area is 170 Å². The van der Waals surface area contributed by atoms with E-state index in [1.54, 1.807) is 0 Å². The molecule has 1 aliphatic carbocycles. The van der Waals surface area contributed by atoms with Crippen LogP contribution in [0.4, 0.5) is 11.8 Å². The van der Waals surface area contributed by atoms with Crippen LogP contribution in [0, 0.1) is 6.92 Å². The number of Topliss-reactive ketones (excluding diaryl/α,β-unsaturated/α-hetero) is 1. The SMILES string of the molecule is Cc1cccc([C@@H]2C3=C(CCCC3=O)Nc3nc(N4CCCCC4)[nH]c(=O)c32)c1. The molecule has 6 heteroatoms. The highest BCUT2D eigenvalue weighted by Crippen LogP contribution is 2.43. The third-order valence-corrected chi connectivity index (χ3v) is 6.28. The Bertz CT molecular complexity index is 1060. The lowest BCUT2D eigenvalue weighted by Gasteiger charge is -2.34. The fraction of sp³-hybridized carbons (Fsp3) is 0.435. The number of carbonyl (C=O) groups excluding carboxylic acids is 1. The molecule has 29 heavy (non-hydrogen) atoms. The summed E-state index contributed by atoms with van der Waals surface area (Å²) in [5, 5.41) is 3.37. The molecule has 150 valence electrons. The molecule has 0 unspecified atom stereocenters. The molecular weight excluding hydrogens is 364 g/mol. The number of H-pyrrole nitrogens is 1. The molecule has 0 saturated carbocycles. The number of fused-ring (bicyclic) bond motifs is 1. The second kappa shape index (κ2) is 7.17. The Morgan fingerprint density at radius 1 is 1.07 bits per heavy atom. The zero-order valence-corrected chi connectivity index (χ0v) is 16.8. The Balaban J connectivity index is 1.68. The zero-order valence-electron chi connectivity index (χ0n) is 16.8. The summed E-state index contributed by atoms with van der Waals surface area (Å²) in [4.78, 5) is 36.2. The van der Waals surface area contributed by atoms with Crippen LogP contribution in [0.25, 0.3) is 0 Å². The van der Waals surface area contributed by atoms with E-state index in [0.717, 1.165) is 61.2 Å². The summed E-state index contributed by atoms with van der Waals surface area (Å²) in [7, 11) is 0. The van der Waals surface area contributed by atoms with Crippen molar-refractivity contribution >= 4 is 17.5 Å². The van der Waals surface area contributed by atoms with Gasteiger partial charge in [-0.25, -0.2) is 0 Å². The lowest BCUT2D eigenvalue weighted by Crippen LogP contribution is -2.36. The highest BCUT2D eigenvalue weighted by Gasteiger charge is 2.38. The van der Waals surface area contributed by atoms with Gasteiger partial charge in [-0.05, 0) is 44.6 Å². The van der Waals surface area contributed by atoms with E-state index in [9.17, 15) is 9.59 Å². The Morgan fingerprint density at radius 2 is 1.90 bits per heavy atom. The highest BCUT2D eigenvalue weighted by molar-refractivity contribution is 6.00. The van der Waals surface area contributed by atoms with Gasteiger partial charge >= 0.3 is 0 Å². The van der Waals surface area contributed by atoms with Crippen molar-refractivity contribution in [2.24, 2.45) is 0 Å². The third kappa shape index (κ3) is 3.16. The first-order valence-electron chi connectivity index (χ1n) is 10.6. The van der Waals surface area contributed by atoms with E-state index in [1.165, 1.54) is 6.42 Å². The quantitative estimate of drug-likeness (QED) is 0.819. The molecule has 1 aromatic heterocycles. The fourth-order valence-electron chi connectivity index (χ4n) is 4.89. The number of carbonyl (C=O) groups is 1. The van der Waals surface area contributed by atoms with E-state index in [4.69, 9.17) is 4.98 Å². The van der Waals surface area contributed by atoms with Crippen molar-refractivity contribution in [2.45, 2.75) is 51.4 Å². The zero-order chi connectivity index (χ0) is 20.0. The number of ketones is 1. The molecule has 2 N–H and O–H groups in total. The monoisotopic (exact) mass is 390 g/mol. The first-order chi connectivity index (χ1) is 14.1. The molecule has 5 rings (SSSR count).